The van der Waals surface area contributed by atoms with Crippen LogP contribution in [-0.2, 0) is 6.54 Å². The first-order valence-electron chi connectivity index (χ1n) is 7.05. The van der Waals surface area contributed by atoms with Gasteiger partial charge in [0, 0.05) is 5.56 Å². The van der Waals surface area contributed by atoms with Gasteiger partial charge in [0.25, 0.3) is 0 Å². The highest BCUT2D eigenvalue weighted by atomic mass is 16.6. The van der Waals surface area contributed by atoms with E-state index in [9.17, 15) is 10.1 Å². The van der Waals surface area contributed by atoms with Gasteiger partial charge in [-0.3, -0.25) is 10.1 Å². The topological polar surface area (TPSA) is 61.0 Å². The molecule has 0 unspecified atom stereocenters. The zero-order chi connectivity index (χ0) is 16.1. The Morgan fingerprint density at radius 3 is 2.30 bits per heavy atom. The van der Waals surface area contributed by atoms with E-state index in [-0.39, 0.29) is 5.69 Å². The maximum atomic E-state index is 11.2. The second-order valence-corrected chi connectivity index (χ2v) is 4.89. The highest BCUT2D eigenvalue weighted by molar-refractivity contribution is 5.49. The van der Waals surface area contributed by atoms with E-state index in [0.717, 1.165) is 11.1 Å². The number of hydrogen-bond acceptors (Lipinski definition) is 3. The van der Waals surface area contributed by atoms with E-state index >= 15 is 0 Å². The zero-order valence-electron chi connectivity index (χ0n) is 12.2. The number of nitrogens with zero attached hydrogens (tertiary/aromatic N) is 3. The third-order valence-corrected chi connectivity index (χ3v) is 3.29. The molecule has 0 N–H and O–H groups in total. The Bertz CT molecular complexity index is 875. The average molecular weight is 303 g/mol. The van der Waals surface area contributed by atoms with Crippen molar-refractivity contribution in [3.63, 3.8) is 0 Å². The molecule has 1 heterocycles. The van der Waals surface area contributed by atoms with Crippen LogP contribution in [0.25, 0.3) is 0 Å². The zero-order valence-corrected chi connectivity index (χ0v) is 12.2. The molecule has 5 heteroatoms. The van der Waals surface area contributed by atoms with Crippen molar-refractivity contribution in [2.24, 2.45) is 0 Å². The van der Waals surface area contributed by atoms with E-state index < -0.39 is 4.92 Å². The number of nitro groups is 1. The van der Waals surface area contributed by atoms with Gasteiger partial charge in [-0.2, -0.15) is 5.10 Å². The molecule has 112 valence electrons. The Labute approximate surface area is 133 Å². The molecule has 0 saturated heterocycles. The van der Waals surface area contributed by atoms with E-state index in [2.05, 4.69) is 16.9 Å². The summed E-state index contributed by atoms with van der Waals surface area (Å²) in [6.45, 7) is 0.438. The normalized spacial score (nSPS) is 9.91. The first-order chi connectivity index (χ1) is 11.2. The van der Waals surface area contributed by atoms with Crippen LogP contribution in [0.2, 0.25) is 0 Å². The van der Waals surface area contributed by atoms with E-state index in [0.29, 0.717) is 12.2 Å². The van der Waals surface area contributed by atoms with E-state index in [4.69, 9.17) is 0 Å². The average Bonchev–Trinajstić information content (AvgIpc) is 2.98. The number of hydrogen-bond donors (Lipinski definition) is 0. The highest BCUT2D eigenvalue weighted by Gasteiger charge is 2.18. The van der Waals surface area contributed by atoms with Gasteiger partial charge in [0.05, 0.1) is 11.5 Å². The smallest absolute Gasteiger partial charge is 0.258 e. The first-order valence-corrected chi connectivity index (χ1v) is 7.05. The van der Waals surface area contributed by atoms with Gasteiger partial charge in [-0.05, 0) is 23.6 Å². The molecular weight excluding hydrogens is 290 g/mol. The van der Waals surface area contributed by atoms with Crippen molar-refractivity contribution < 1.29 is 4.92 Å². The van der Waals surface area contributed by atoms with Gasteiger partial charge in [-0.15, -0.1) is 0 Å². The number of rotatable bonds is 3. The van der Waals surface area contributed by atoms with Crippen molar-refractivity contribution in [1.82, 2.24) is 9.78 Å². The second-order valence-electron chi connectivity index (χ2n) is 4.89. The molecule has 0 fully saturated rings. The molecule has 0 aliphatic carbocycles. The number of aromatic nitrogens is 2. The molecule has 0 saturated carbocycles. The van der Waals surface area contributed by atoms with E-state index in [1.54, 1.807) is 4.68 Å². The van der Waals surface area contributed by atoms with Crippen LogP contribution in [0.4, 0.5) is 5.69 Å². The van der Waals surface area contributed by atoms with Crippen LogP contribution < -0.4 is 0 Å². The molecule has 0 aliphatic rings. The largest absolute Gasteiger partial charge is 0.322 e. The van der Waals surface area contributed by atoms with Crippen LogP contribution in [0.15, 0.2) is 66.9 Å². The van der Waals surface area contributed by atoms with Crippen LogP contribution in [0.5, 0.6) is 0 Å². The summed E-state index contributed by atoms with van der Waals surface area (Å²) in [5.41, 5.74) is 2.04. The summed E-state index contributed by atoms with van der Waals surface area (Å²) < 4.78 is 1.56. The molecule has 0 bridgehead atoms. The Balaban J connectivity index is 1.98. The third-order valence-electron chi connectivity index (χ3n) is 3.29. The summed E-state index contributed by atoms with van der Waals surface area (Å²) in [6, 6.07) is 19.0. The third kappa shape index (κ3) is 3.44. The molecule has 5 nitrogen and oxygen atoms in total. The molecule has 3 aromatic rings. The molecule has 0 atom stereocenters. The van der Waals surface area contributed by atoms with Crippen molar-refractivity contribution >= 4 is 5.69 Å². The Hall–Kier alpha value is -3.39. The lowest BCUT2D eigenvalue weighted by Gasteiger charge is -2.02. The molecule has 0 aliphatic heterocycles. The molecule has 0 radical (unpaired) electrons. The standard InChI is InChI=1S/C18H13N3O2/c22-21(23)18-13-19-20(14-16-9-5-2-6-10-16)17(18)12-11-15-7-3-1-4-8-15/h1-10,13H,14H2. The van der Waals surface area contributed by atoms with Gasteiger partial charge in [0.2, 0.25) is 0 Å². The summed E-state index contributed by atoms with van der Waals surface area (Å²) in [5.74, 6) is 5.84. The Kier molecular flexibility index (Phi) is 4.16. The van der Waals surface area contributed by atoms with Crippen molar-refractivity contribution in [1.29, 1.82) is 0 Å². The van der Waals surface area contributed by atoms with Crippen molar-refractivity contribution in [3.05, 3.63) is 93.8 Å². The van der Waals surface area contributed by atoms with Gasteiger partial charge in [0.15, 0.2) is 5.69 Å². The molecule has 23 heavy (non-hydrogen) atoms. The molecular formula is C18H13N3O2. The van der Waals surface area contributed by atoms with Crippen molar-refractivity contribution in [2.45, 2.75) is 6.54 Å². The van der Waals surface area contributed by atoms with Crippen LogP contribution in [-0.4, -0.2) is 14.7 Å². The van der Waals surface area contributed by atoms with Crippen LogP contribution in [0, 0.1) is 22.0 Å². The summed E-state index contributed by atoms with van der Waals surface area (Å²) in [4.78, 5) is 10.7. The predicted octanol–water partition coefficient (Wildman–Crippen LogP) is 3.24. The minimum Gasteiger partial charge on any atom is -0.258 e. The van der Waals surface area contributed by atoms with E-state index in [1.165, 1.54) is 6.20 Å². The first kappa shape index (κ1) is 14.5. The molecule has 0 amide bonds. The predicted molar refractivity (Wildman–Crippen MR) is 86.8 cm³/mol. The SMILES string of the molecule is O=[N+]([O-])c1cnn(Cc2ccccc2)c1C#Cc1ccccc1. The lowest BCUT2D eigenvalue weighted by atomic mass is 10.2. The fourth-order valence-corrected chi connectivity index (χ4v) is 2.17. The Morgan fingerprint density at radius 1 is 1.00 bits per heavy atom. The fraction of sp³-hybridized carbons (Fsp3) is 0.0556. The highest BCUT2D eigenvalue weighted by Crippen LogP contribution is 2.18. The summed E-state index contributed by atoms with van der Waals surface area (Å²) in [6.07, 6.45) is 1.25. The fourth-order valence-electron chi connectivity index (χ4n) is 2.17. The number of benzene rings is 2. The van der Waals surface area contributed by atoms with Crippen molar-refractivity contribution in [2.75, 3.05) is 0 Å². The van der Waals surface area contributed by atoms with Gasteiger partial charge in [-0.1, -0.05) is 54.5 Å². The van der Waals surface area contributed by atoms with Crippen LogP contribution >= 0.6 is 0 Å². The quantitative estimate of drug-likeness (QED) is 0.424. The van der Waals surface area contributed by atoms with Gasteiger partial charge in [0.1, 0.15) is 6.20 Å². The van der Waals surface area contributed by atoms with Crippen molar-refractivity contribution in [3.8, 4) is 11.8 Å². The lowest BCUT2D eigenvalue weighted by molar-refractivity contribution is -0.385. The lowest BCUT2D eigenvalue weighted by Crippen LogP contribution is -2.05. The minimum atomic E-state index is -0.455. The molecule has 2 aromatic carbocycles. The monoisotopic (exact) mass is 303 g/mol. The van der Waals surface area contributed by atoms with Gasteiger partial charge >= 0.3 is 5.69 Å². The molecule has 1 aromatic heterocycles. The second kappa shape index (κ2) is 6.58. The summed E-state index contributed by atoms with van der Waals surface area (Å²) in [5, 5.41) is 15.3. The minimum absolute atomic E-state index is 0.0793. The Morgan fingerprint density at radius 2 is 1.65 bits per heavy atom. The maximum absolute atomic E-state index is 11.2. The van der Waals surface area contributed by atoms with E-state index in [1.807, 2.05) is 60.7 Å². The summed E-state index contributed by atoms with van der Waals surface area (Å²) in [7, 11) is 0. The van der Waals surface area contributed by atoms with Crippen LogP contribution in [0.3, 0.4) is 0 Å². The maximum Gasteiger partial charge on any atom is 0.322 e. The molecule has 3 rings (SSSR count). The molecule has 0 spiro atoms. The summed E-state index contributed by atoms with van der Waals surface area (Å²) >= 11 is 0. The van der Waals surface area contributed by atoms with Crippen LogP contribution in [0.1, 0.15) is 16.8 Å². The van der Waals surface area contributed by atoms with Gasteiger partial charge < -0.3 is 0 Å². The van der Waals surface area contributed by atoms with Gasteiger partial charge in [-0.25, -0.2) is 4.68 Å².